The molecule has 1 amide bonds. The van der Waals surface area contributed by atoms with E-state index in [9.17, 15) is 14.7 Å². The molecular weight excluding hydrogens is 422 g/mol. The summed E-state index contributed by atoms with van der Waals surface area (Å²) >= 11 is 0. The number of carbonyl (C=O) groups is 2. The maximum atomic E-state index is 13.2. The van der Waals surface area contributed by atoms with E-state index in [0.717, 1.165) is 24.0 Å². The first-order valence-corrected chi connectivity index (χ1v) is 11.2. The first-order chi connectivity index (χ1) is 15.9. The van der Waals surface area contributed by atoms with Crippen molar-refractivity contribution in [3.05, 3.63) is 64.7 Å². The summed E-state index contributed by atoms with van der Waals surface area (Å²) in [4.78, 5) is 27.8. The van der Waals surface area contributed by atoms with Crippen LogP contribution >= 0.6 is 0 Å². The minimum Gasteiger partial charge on any atom is -0.507 e. The number of ketones is 1. The Labute approximate surface area is 193 Å². The first kappa shape index (κ1) is 22.9. The fraction of sp³-hybridized carbons (Fsp3) is 0.385. The van der Waals surface area contributed by atoms with Crippen molar-refractivity contribution in [1.82, 2.24) is 4.90 Å². The van der Waals surface area contributed by atoms with E-state index in [0.29, 0.717) is 36.8 Å². The topological polar surface area (TPSA) is 85.3 Å². The summed E-state index contributed by atoms with van der Waals surface area (Å²) < 4.78 is 16.6. The zero-order chi connectivity index (χ0) is 23.5. The van der Waals surface area contributed by atoms with Crippen molar-refractivity contribution in [2.45, 2.75) is 38.8 Å². The molecule has 0 spiro atoms. The second-order valence-electron chi connectivity index (χ2n) is 8.27. The molecule has 2 atom stereocenters. The van der Waals surface area contributed by atoms with E-state index in [1.807, 2.05) is 38.1 Å². The molecule has 0 aromatic heterocycles. The van der Waals surface area contributed by atoms with Gasteiger partial charge in [0, 0.05) is 18.7 Å². The van der Waals surface area contributed by atoms with Gasteiger partial charge in [-0.3, -0.25) is 9.59 Å². The Bertz CT molecular complexity index is 1070. The van der Waals surface area contributed by atoms with Gasteiger partial charge in [0.2, 0.25) is 0 Å². The lowest BCUT2D eigenvalue weighted by Crippen LogP contribution is -2.36. The number of aryl methyl sites for hydroxylation is 1. The number of aliphatic hydroxyl groups excluding tert-OH is 1. The molecule has 2 aliphatic heterocycles. The molecule has 7 nitrogen and oxygen atoms in total. The summed E-state index contributed by atoms with van der Waals surface area (Å²) in [6.45, 7) is 5.23. The van der Waals surface area contributed by atoms with E-state index in [-0.39, 0.29) is 17.4 Å². The third kappa shape index (κ3) is 4.46. The highest BCUT2D eigenvalue weighted by Gasteiger charge is 2.47. The Morgan fingerprint density at radius 2 is 1.94 bits per heavy atom. The fourth-order valence-corrected chi connectivity index (χ4v) is 4.52. The number of nitrogens with zero attached hydrogens (tertiary/aromatic N) is 1. The van der Waals surface area contributed by atoms with Gasteiger partial charge in [0.25, 0.3) is 11.7 Å². The minimum atomic E-state index is -0.715. The smallest absolute Gasteiger partial charge is 0.295 e. The number of aliphatic hydroxyl groups is 1. The lowest BCUT2D eigenvalue weighted by atomic mass is 9.94. The molecule has 33 heavy (non-hydrogen) atoms. The molecule has 2 saturated heterocycles. The quantitative estimate of drug-likeness (QED) is 0.389. The highest BCUT2D eigenvalue weighted by Crippen LogP contribution is 2.41. The molecule has 1 N–H and O–H groups in total. The number of ether oxygens (including phenoxy) is 3. The lowest BCUT2D eigenvalue weighted by Gasteiger charge is -2.27. The van der Waals surface area contributed by atoms with Gasteiger partial charge in [0.1, 0.15) is 17.3 Å². The van der Waals surface area contributed by atoms with Crippen LogP contribution in [0, 0.1) is 6.92 Å². The average molecular weight is 452 g/mol. The van der Waals surface area contributed by atoms with E-state index < -0.39 is 17.7 Å². The summed E-state index contributed by atoms with van der Waals surface area (Å²) in [6, 6.07) is 11.7. The van der Waals surface area contributed by atoms with E-state index in [4.69, 9.17) is 14.2 Å². The van der Waals surface area contributed by atoms with E-state index in [1.165, 1.54) is 4.90 Å². The highest BCUT2D eigenvalue weighted by molar-refractivity contribution is 6.46. The van der Waals surface area contributed by atoms with Crippen LogP contribution in [0.15, 0.2) is 48.0 Å². The van der Waals surface area contributed by atoms with Crippen LogP contribution in [0.1, 0.15) is 42.5 Å². The lowest BCUT2D eigenvalue weighted by molar-refractivity contribution is -0.140. The molecule has 4 rings (SSSR count). The van der Waals surface area contributed by atoms with Gasteiger partial charge in [-0.1, -0.05) is 12.1 Å². The molecular formula is C26H29NO6. The SMILES string of the molecule is CCOc1ccc(C2/C(=C(/O)c3ccc(OC)c(C)c3)C(=O)C(=O)N2CC2CCCO2)cc1. The first-order valence-electron chi connectivity index (χ1n) is 11.2. The van der Waals surface area contributed by atoms with Crippen LogP contribution in [-0.2, 0) is 14.3 Å². The van der Waals surface area contributed by atoms with Crippen LogP contribution in [-0.4, -0.2) is 54.7 Å². The molecule has 2 aliphatic rings. The average Bonchev–Trinajstić information content (AvgIpc) is 3.42. The zero-order valence-electron chi connectivity index (χ0n) is 19.2. The fourth-order valence-electron chi connectivity index (χ4n) is 4.52. The molecule has 2 aromatic rings. The van der Waals surface area contributed by atoms with Gasteiger partial charge in [0.15, 0.2) is 0 Å². The van der Waals surface area contributed by atoms with Crippen molar-refractivity contribution in [3.8, 4) is 11.5 Å². The van der Waals surface area contributed by atoms with Crippen LogP contribution in [0.5, 0.6) is 11.5 Å². The van der Waals surface area contributed by atoms with Crippen molar-refractivity contribution in [3.63, 3.8) is 0 Å². The normalized spacial score (nSPS) is 22.1. The Kier molecular flexibility index (Phi) is 6.70. The van der Waals surface area contributed by atoms with Crippen LogP contribution in [0.2, 0.25) is 0 Å². The number of carbonyl (C=O) groups excluding carboxylic acids is 2. The number of benzene rings is 2. The van der Waals surface area contributed by atoms with E-state index >= 15 is 0 Å². The Balaban J connectivity index is 1.80. The maximum absolute atomic E-state index is 13.2. The molecule has 2 heterocycles. The van der Waals surface area contributed by atoms with Gasteiger partial charge in [-0.25, -0.2) is 0 Å². The second kappa shape index (κ2) is 9.67. The number of methoxy groups -OCH3 is 1. The predicted molar refractivity (Wildman–Crippen MR) is 123 cm³/mol. The third-order valence-corrected chi connectivity index (χ3v) is 6.14. The van der Waals surface area contributed by atoms with Gasteiger partial charge in [-0.2, -0.15) is 0 Å². The molecule has 0 aliphatic carbocycles. The molecule has 7 heteroatoms. The minimum absolute atomic E-state index is 0.0757. The number of Topliss-reactive ketones (excluding diaryl/α,β-unsaturated/α-hetero) is 1. The predicted octanol–water partition coefficient (Wildman–Crippen LogP) is 4.00. The summed E-state index contributed by atoms with van der Waals surface area (Å²) in [5.41, 5.74) is 2.07. The molecule has 0 saturated carbocycles. The second-order valence-corrected chi connectivity index (χ2v) is 8.27. The number of hydrogen-bond acceptors (Lipinski definition) is 6. The van der Waals surface area contributed by atoms with Crippen molar-refractivity contribution in [1.29, 1.82) is 0 Å². The van der Waals surface area contributed by atoms with Crippen LogP contribution in [0.3, 0.4) is 0 Å². The van der Waals surface area contributed by atoms with Gasteiger partial charge in [-0.05, 0) is 68.1 Å². The van der Waals surface area contributed by atoms with Crippen LogP contribution in [0.4, 0.5) is 0 Å². The Hall–Kier alpha value is -3.32. The molecule has 2 aromatic carbocycles. The standard InChI is InChI=1S/C26H29NO6/c1-4-32-19-10-7-17(8-11-19)23-22(24(28)18-9-12-21(31-3)16(2)14-18)25(29)26(30)27(23)15-20-6-5-13-33-20/h7-12,14,20,23,28H,4-6,13,15H2,1-3H3/b24-22-. The molecule has 174 valence electrons. The van der Waals surface area contributed by atoms with Gasteiger partial charge in [-0.15, -0.1) is 0 Å². The summed E-state index contributed by atoms with van der Waals surface area (Å²) in [7, 11) is 1.57. The number of rotatable bonds is 7. The zero-order valence-corrected chi connectivity index (χ0v) is 19.2. The van der Waals surface area contributed by atoms with Crippen LogP contribution < -0.4 is 9.47 Å². The number of amides is 1. The van der Waals surface area contributed by atoms with Gasteiger partial charge >= 0.3 is 0 Å². The Morgan fingerprint density at radius 3 is 2.55 bits per heavy atom. The van der Waals surface area contributed by atoms with E-state index in [2.05, 4.69) is 0 Å². The van der Waals surface area contributed by atoms with Crippen molar-refractivity contribution in [2.24, 2.45) is 0 Å². The van der Waals surface area contributed by atoms with Crippen molar-refractivity contribution >= 4 is 17.4 Å². The van der Waals surface area contributed by atoms with Crippen LogP contribution in [0.25, 0.3) is 5.76 Å². The van der Waals surface area contributed by atoms with Crippen molar-refractivity contribution in [2.75, 3.05) is 26.9 Å². The van der Waals surface area contributed by atoms with E-state index in [1.54, 1.807) is 25.3 Å². The number of hydrogen-bond donors (Lipinski definition) is 1. The molecule has 2 fully saturated rings. The Morgan fingerprint density at radius 1 is 1.18 bits per heavy atom. The van der Waals surface area contributed by atoms with Gasteiger partial charge < -0.3 is 24.2 Å². The summed E-state index contributed by atoms with van der Waals surface area (Å²) in [6.07, 6.45) is 1.63. The monoisotopic (exact) mass is 451 g/mol. The largest absolute Gasteiger partial charge is 0.507 e. The summed E-state index contributed by atoms with van der Waals surface area (Å²) in [5, 5.41) is 11.2. The maximum Gasteiger partial charge on any atom is 0.295 e. The van der Waals surface area contributed by atoms with Crippen molar-refractivity contribution < 1.29 is 28.9 Å². The summed E-state index contributed by atoms with van der Waals surface area (Å²) in [5.74, 6) is -0.154. The number of likely N-dealkylation sites (tertiary alicyclic amines) is 1. The molecule has 0 radical (unpaired) electrons. The third-order valence-electron chi connectivity index (χ3n) is 6.14. The molecule has 2 unspecified atom stereocenters. The molecule has 0 bridgehead atoms. The highest BCUT2D eigenvalue weighted by atomic mass is 16.5. The van der Waals surface area contributed by atoms with Gasteiger partial charge in [0.05, 0.1) is 31.4 Å².